The van der Waals surface area contributed by atoms with Crippen LogP contribution < -0.4 is 14.8 Å². The Morgan fingerprint density at radius 2 is 2.04 bits per heavy atom. The number of carbonyl (C=O) groups excluding carboxylic acids is 1. The van der Waals surface area contributed by atoms with Crippen LogP contribution in [0.5, 0.6) is 11.5 Å². The van der Waals surface area contributed by atoms with Gasteiger partial charge in [0.1, 0.15) is 18.1 Å². The van der Waals surface area contributed by atoms with Gasteiger partial charge in [0, 0.05) is 6.61 Å². The summed E-state index contributed by atoms with van der Waals surface area (Å²) in [7, 11) is 0. The van der Waals surface area contributed by atoms with Crippen LogP contribution in [0.3, 0.4) is 0 Å². The first-order chi connectivity index (χ1) is 12.7. The van der Waals surface area contributed by atoms with E-state index in [4.69, 9.17) is 14.2 Å². The second-order valence-electron chi connectivity index (χ2n) is 6.33. The molecule has 0 spiro atoms. The minimum Gasteiger partial charge on any atom is -0.493 e. The third-order valence-corrected chi connectivity index (χ3v) is 4.27. The van der Waals surface area contributed by atoms with Crippen molar-refractivity contribution in [3.8, 4) is 11.5 Å². The van der Waals surface area contributed by atoms with Crippen molar-refractivity contribution in [2.24, 2.45) is 0 Å². The molecule has 3 rings (SSSR count). The number of carbonyl (C=O) groups is 1. The number of rotatable bonds is 7. The first-order valence-corrected chi connectivity index (χ1v) is 9.05. The summed E-state index contributed by atoms with van der Waals surface area (Å²) in [6.07, 6.45) is 2.20. The molecular weight excluding hydrogens is 330 g/mol. The van der Waals surface area contributed by atoms with Gasteiger partial charge in [0.05, 0.1) is 24.0 Å². The van der Waals surface area contributed by atoms with Gasteiger partial charge in [-0.25, -0.2) is 0 Å². The van der Waals surface area contributed by atoms with Crippen LogP contribution in [0.2, 0.25) is 0 Å². The van der Waals surface area contributed by atoms with Gasteiger partial charge in [-0.1, -0.05) is 18.2 Å². The van der Waals surface area contributed by atoms with Crippen molar-refractivity contribution in [2.75, 3.05) is 25.1 Å². The van der Waals surface area contributed by atoms with Crippen molar-refractivity contribution < 1.29 is 19.0 Å². The molecule has 1 aliphatic heterocycles. The van der Waals surface area contributed by atoms with E-state index in [-0.39, 0.29) is 12.0 Å². The maximum atomic E-state index is 12.7. The Labute approximate surface area is 154 Å². The van der Waals surface area contributed by atoms with Crippen LogP contribution in [-0.4, -0.2) is 31.8 Å². The lowest BCUT2D eigenvalue weighted by Crippen LogP contribution is -2.18. The van der Waals surface area contributed by atoms with Crippen LogP contribution in [-0.2, 0) is 4.74 Å². The molecule has 5 heteroatoms. The van der Waals surface area contributed by atoms with Crippen LogP contribution in [0.15, 0.2) is 42.5 Å². The Morgan fingerprint density at radius 1 is 1.19 bits per heavy atom. The van der Waals surface area contributed by atoms with E-state index < -0.39 is 0 Å². The van der Waals surface area contributed by atoms with E-state index in [1.54, 1.807) is 12.1 Å². The van der Waals surface area contributed by atoms with Crippen molar-refractivity contribution in [1.29, 1.82) is 0 Å². The molecular formula is C21H25NO4. The third-order valence-electron chi connectivity index (χ3n) is 4.27. The number of amides is 1. The third kappa shape index (κ3) is 4.55. The van der Waals surface area contributed by atoms with Gasteiger partial charge < -0.3 is 19.5 Å². The van der Waals surface area contributed by atoms with Crippen molar-refractivity contribution in [2.45, 2.75) is 32.8 Å². The number of para-hydroxylation sites is 1. The number of anilines is 1. The maximum Gasteiger partial charge on any atom is 0.259 e. The van der Waals surface area contributed by atoms with Gasteiger partial charge in [0.25, 0.3) is 5.91 Å². The summed E-state index contributed by atoms with van der Waals surface area (Å²) in [6.45, 7) is 5.67. The highest BCUT2D eigenvalue weighted by atomic mass is 16.5. The fourth-order valence-corrected chi connectivity index (χ4v) is 2.94. The smallest absolute Gasteiger partial charge is 0.259 e. The molecule has 1 saturated heterocycles. The molecule has 1 heterocycles. The van der Waals surface area contributed by atoms with Crippen LogP contribution in [0.4, 0.5) is 5.69 Å². The van der Waals surface area contributed by atoms with Crippen molar-refractivity contribution in [1.82, 2.24) is 0 Å². The van der Waals surface area contributed by atoms with E-state index in [1.807, 2.05) is 44.2 Å². The largest absolute Gasteiger partial charge is 0.493 e. The molecule has 0 saturated carbocycles. The Kier molecular flexibility index (Phi) is 6.12. The summed E-state index contributed by atoms with van der Waals surface area (Å²) in [5.41, 5.74) is 2.21. The van der Waals surface area contributed by atoms with Gasteiger partial charge in [0.2, 0.25) is 0 Å². The van der Waals surface area contributed by atoms with Crippen LogP contribution in [0.1, 0.15) is 35.7 Å². The summed E-state index contributed by atoms with van der Waals surface area (Å²) in [4.78, 5) is 12.7. The Bertz CT molecular complexity index is 753. The topological polar surface area (TPSA) is 56.8 Å². The lowest BCUT2D eigenvalue weighted by atomic mass is 10.1. The van der Waals surface area contributed by atoms with E-state index in [0.29, 0.717) is 36.0 Å². The summed E-state index contributed by atoms with van der Waals surface area (Å²) >= 11 is 0. The number of benzene rings is 2. The highest BCUT2D eigenvalue weighted by Gasteiger charge is 2.18. The second kappa shape index (κ2) is 8.72. The quantitative estimate of drug-likeness (QED) is 0.808. The maximum absolute atomic E-state index is 12.7. The van der Waals surface area contributed by atoms with Gasteiger partial charge in [-0.3, -0.25) is 4.79 Å². The van der Waals surface area contributed by atoms with E-state index >= 15 is 0 Å². The number of aryl methyl sites for hydroxylation is 1. The molecule has 1 unspecified atom stereocenters. The molecule has 1 amide bonds. The SMILES string of the molecule is CCOc1ccccc1C(=O)Nc1ccc(C)cc1OCC1CCCO1. The summed E-state index contributed by atoms with van der Waals surface area (Å²) < 4.78 is 17.1. The number of ether oxygens (including phenoxy) is 3. The Balaban J connectivity index is 1.75. The molecule has 0 aromatic heterocycles. The summed E-state index contributed by atoms with van der Waals surface area (Å²) in [5.74, 6) is 1.00. The molecule has 1 fully saturated rings. The highest BCUT2D eigenvalue weighted by molar-refractivity contribution is 6.06. The first-order valence-electron chi connectivity index (χ1n) is 9.05. The van der Waals surface area contributed by atoms with Crippen molar-refractivity contribution >= 4 is 11.6 Å². The molecule has 1 atom stereocenters. The van der Waals surface area contributed by atoms with Crippen molar-refractivity contribution in [3.05, 3.63) is 53.6 Å². The van der Waals surface area contributed by atoms with Crippen LogP contribution >= 0.6 is 0 Å². The van der Waals surface area contributed by atoms with Crippen LogP contribution in [0.25, 0.3) is 0 Å². The second-order valence-corrected chi connectivity index (χ2v) is 6.33. The standard InChI is InChI=1S/C21H25NO4/c1-3-24-19-9-5-4-8-17(19)21(23)22-18-11-10-15(2)13-20(18)26-14-16-7-6-12-25-16/h4-5,8-11,13,16H,3,6-7,12,14H2,1-2H3,(H,22,23). The van der Waals surface area contributed by atoms with E-state index in [1.165, 1.54) is 0 Å². The molecule has 5 nitrogen and oxygen atoms in total. The molecule has 1 aliphatic rings. The number of hydrogen-bond donors (Lipinski definition) is 1. The molecule has 2 aromatic carbocycles. The Hall–Kier alpha value is -2.53. The van der Waals surface area contributed by atoms with Gasteiger partial charge in [-0.15, -0.1) is 0 Å². The fourth-order valence-electron chi connectivity index (χ4n) is 2.94. The summed E-state index contributed by atoms with van der Waals surface area (Å²) in [6, 6.07) is 13.0. The zero-order valence-electron chi connectivity index (χ0n) is 15.3. The Morgan fingerprint density at radius 3 is 2.81 bits per heavy atom. The van der Waals surface area contributed by atoms with E-state index in [9.17, 15) is 4.79 Å². The van der Waals surface area contributed by atoms with Gasteiger partial charge >= 0.3 is 0 Å². The van der Waals surface area contributed by atoms with Crippen LogP contribution in [0, 0.1) is 6.92 Å². The van der Waals surface area contributed by atoms with Gasteiger partial charge in [-0.2, -0.15) is 0 Å². The number of hydrogen-bond acceptors (Lipinski definition) is 4. The normalized spacial score (nSPS) is 16.3. The molecule has 0 radical (unpaired) electrons. The molecule has 0 aliphatic carbocycles. The van der Waals surface area contributed by atoms with Gasteiger partial charge in [0.15, 0.2) is 0 Å². The average Bonchev–Trinajstić information content (AvgIpc) is 3.16. The molecule has 26 heavy (non-hydrogen) atoms. The lowest BCUT2D eigenvalue weighted by Gasteiger charge is -2.16. The molecule has 2 aromatic rings. The minimum atomic E-state index is -0.222. The fraction of sp³-hybridized carbons (Fsp3) is 0.381. The molecule has 0 bridgehead atoms. The zero-order valence-corrected chi connectivity index (χ0v) is 15.3. The number of nitrogens with one attached hydrogen (secondary N) is 1. The predicted octanol–water partition coefficient (Wildman–Crippen LogP) is 4.20. The first kappa shape index (κ1) is 18.3. The molecule has 1 N–H and O–H groups in total. The average molecular weight is 355 g/mol. The predicted molar refractivity (Wildman–Crippen MR) is 101 cm³/mol. The van der Waals surface area contributed by atoms with E-state index in [2.05, 4.69) is 5.32 Å². The van der Waals surface area contributed by atoms with Gasteiger partial charge in [-0.05, 0) is 56.5 Å². The summed E-state index contributed by atoms with van der Waals surface area (Å²) in [5, 5.41) is 2.94. The zero-order chi connectivity index (χ0) is 18.4. The van der Waals surface area contributed by atoms with E-state index in [0.717, 1.165) is 25.0 Å². The van der Waals surface area contributed by atoms with Crippen molar-refractivity contribution in [3.63, 3.8) is 0 Å². The highest BCUT2D eigenvalue weighted by Crippen LogP contribution is 2.28. The monoisotopic (exact) mass is 355 g/mol. The lowest BCUT2D eigenvalue weighted by molar-refractivity contribution is 0.0681. The minimum absolute atomic E-state index is 0.123. The molecule has 138 valence electrons.